The normalized spacial score (nSPS) is 10.8. The molecule has 0 bridgehead atoms. The summed E-state index contributed by atoms with van der Waals surface area (Å²) in [6, 6.07) is 1.78. The van der Waals surface area contributed by atoms with Crippen LogP contribution in [0.4, 0.5) is 5.13 Å². The highest BCUT2D eigenvalue weighted by molar-refractivity contribution is 8.01. The third-order valence-corrected chi connectivity index (χ3v) is 4.66. The number of carbonyl (C=O) groups excluding carboxylic acids is 2. The molecule has 2 aromatic heterocycles. The lowest BCUT2D eigenvalue weighted by Crippen LogP contribution is -2.31. The Morgan fingerprint density at radius 2 is 2.09 bits per heavy atom. The quantitative estimate of drug-likeness (QED) is 0.611. The maximum absolute atomic E-state index is 12.1. The topological polar surface area (TPSA) is 97.1 Å². The summed E-state index contributed by atoms with van der Waals surface area (Å²) in [6.45, 7) is 7.32. The molecule has 0 aliphatic heterocycles. The Morgan fingerprint density at radius 1 is 1.35 bits per heavy atom. The van der Waals surface area contributed by atoms with Crippen molar-refractivity contribution in [3.8, 4) is 0 Å². The molecule has 0 aliphatic carbocycles. The Bertz CT molecular complexity index is 709. The molecule has 0 saturated heterocycles. The predicted molar refractivity (Wildman–Crippen MR) is 90.0 cm³/mol. The number of carbonyl (C=O) groups is 2. The van der Waals surface area contributed by atoms with Gasteiger partial charge in [0.05, 0.1) is 11.3 Å². The number of nitrogens with zero attached hydrogens (tertiary/aromatic N) is 2. The van der Waals surface area contributed by atoms with Crippen LogP contribution in [0.5, 0.6) is 0 Å². The zero-order valence-electron chi connectivity index (χ0n) is 13.3. The third-order valence-electron chi connectivity index (χ3n) is 2.69. The van der Waals surface area contributed by atoms with E-state index in [1.807, 2.05) is 13.8 Å². The molecular weight excluding hydrogens is 336 g/mol. The summed E-state index contributed by atoms with van der Waals surface area (Å²) in [7, 11) is 0. The fraction of sp³-hybridized carbons (Fsp3) is 0.429. The van der Waals surface area contributed by atoms with Crippen molar-refractivity contribution in [1.29, 1.82) is 0 Å². The number of amides is 2. The number of nitrogens with one attached hydrogen (secondary N) is 2. The van der Waals surface area contributed by atoms with Crippen LogP contribution in [0.1, 0.15) is 35.7 Å². The average molecular weight is 354 g/mol. The first kappa shape index (κ1) is 17.5. The second kappa shape index (κ2) is 7.60. The first-order valence-corrected chi connectivity index (χ1v) is 8.79. The molecule has 0 fully saturated rings. The van der Waals surface area contributed by atoms with Gasteiger partial charge in [-0.05, 0) is 33.8 Å². The summed E-state index contributed by atoms with van der Waals surface area (Å²) in [4.78, 5) is 23.7. The van der Waals surface area contributed by atoms with Crippen LogP contribution in [0, 0.1) is 13.8 Å². The van der Waals surface area contributed by atoms with Gasteiger partial charge in [-0.15, -0.1) is 10.2 Å². The molecule has 0 aliphatic rings. The molecule has 0 atom stereocenters. The van der Waals surface area contributed by atoms with Crippen LogP contribution in [0.25, 0.3) is 0 Å². The van der Waals surface area contributed by atoms with Gasteiger partial charge in [0.1, 0.15) is 11.5 Å². The Balaban J connectivity index is 1.91. The molecule has 2 aromatic rings. The van der Waals surface area contributed by atoms with E-state index >= 15 is 0 Å². The van der Waals surface area contributed by atoms with Gasteiger partial charge < -0.3 is 9.73 Å². The standard InChI is InChI=1S/C14H18N4O3S2/c1-7(2)15-11(19)6-22-14-18-17-13(23-14)16-12(20)10-5-8(3)21-9(10)4/h5,7H,6H2,1-4H3,(H,15,19)(H,16,17,20). The lowest BCUT2D eigenvalue weighted by molar-refractivity contribution is -0.119. The van der Waals surface area contributed by atoms with Crippen molar-refractivity contribution in [2.75, 3.05) is 11.1 Å². The molecule has 9 heteroatoms. The Labute approximate surface area is 142 Å². The van der Waals surface area contributed by atoms with Crippen LogP contribution >= 0.6 is 23.1 Å². The molecular formula is C14H18N4O3S2. The fourth-order valence-electron chi connectivity index (χ4n) is 1.83. The van der Waals surface area contributed by atoms with Crippen molar-refractivity contribution in [3.05, 3.63) is 23.2 Å². The second-order valence-corrected chi connectivity index (χ2v) is 7.37. The highest BCUT2D eigenvalue weighted by Crippen LogP contribution is 2.26. The van der Waals surface area contributed by atoms with Crippen molar-refractivity contribution in [2.45, 2.75) is 38.1 Å². The van der Waals surface area contributed by atoms with Gasteiger partial charge in [0.2, 0.25) is 11.0 Å². The molecule has 23 heavy (non-hydrogen) atoms. The highest BCUT2D eigenvalue weighted by Gasteiger charge is 2.16. The zero-order valence-corrected chi connectivity index (χ0v) is 14.9. The highest BCUT2D eigenvalue weighted by atomic mass is 32.2. The van der Waals surface area contributed by atoms with Crippen LogP contribution in [0.15, 0.2) is 14.8 Å². The number of furan rings is 1. The number of thioether (sulfide) groups is 1. The molecule has 0 unspecified atom stereocenters. The summed E-state index contributed by atoms with van der Waals surface area (Å²) in [6.07, 6.45) is 0. The van der Waals surface area contributed by atoms with Gasteiger partial charge in [-0.3, -0.25) is 14.9 Å². The van der Waals surface area contributed by atoms with Crippen LogP contribution in [-0.4, -0.2) is 33.8 Å². The molecule has 0 saturated carbocycles. The minimum absolute atomic E-state index is 0.0599. The first-order valence-electron chi connectivity index (χ1n) is 6.99. The smallest absolute Gasteiger partial charge is 0.261 e. The lowest BCUT2D eigenvalue weighted by atomic mass is 10.2. The molecule has 2 heterocycles. The van der Waals surface area contributed by atoms with Crippen molar-refractivity contribution < 1.29 is 14.0 Å². The molecule has 124 valence electrons. The second-order valence-electron chi connectivity index (χ2n) is 5.17. The van der Waals surface area contributed by atoms with E-state index in [9.17, 15) is 9.59 Å². The molecule has 0 aromatic carbocycles. The largest absolute Gasteiger partial charge is 0.466 e. The molecule has 2 rings (SSSR count). The van der Waals surface area contributed by atoms with Gasteiger partial charge in [0, 0.05) is 6.04 Å². The average Bonchev–Trinajstić information content (AvgIpc) is 3.02. The van der Waals surface area contributed by atoms with E-state index in [4.69, 9.17) is 4.42 Å². The Hall–Kier alpha value is -1.87. The van der Waals surface area contributed by atoms with Crippen LogP contribution in [-0.2, 0) is 4.79 Å². The summed E-state index contributed by atoms with van der Waals surface area (Å²) in [5, 5.41) is 13.7. The van der Waals surface area contributed by atoms with Crippen molar-refractivity contribution in [1.82, 2.24) is 15.5 Å². The van der Waals surface area contributed by atoms with Crippen LogP contribution in [0.2, 0.25) is 0 Å². The van der Waals surface area contributed by atoms with Gasteiger partial charge >= 0.3 is 0 Å². The molecule has 2 N–H and O–H groups in total. The van der Waals surface area contributed by atoms with Crippen molar-refractivity contribution >= 4 is 40.0 Å². The number of rotatable bonds is 6. The summed E-state index contributed by atoms with van der Waals surface area (Å²) in [5.41, 5.74) is 0.475. The predicted octanol–water partition coefficient (Wildman–Crippen LogP) is 2.62. The van der Waals surface area contributed by atoms with Crippen LogP contribution < -0.4 is 10.6 Å². The minimum Gasteiger partial charge on any atom is -0.466 e. The van der Waals surface area contributed by atoms with Crippen molar-refractivity contribution in [3.63, 3.8) is 0 Å². The number of aromatic nitrogens is 2. The van der Waals surface area contributed by atoms with Gasteiger partial charge in [0.15, 0.2) is 4.34 Å². The fourth-order valence-corrected chi connectivity index (χ4v) is 3.39. The maximum Gasteiger partial charge on any atom is 0.261 e. The van der Waals surface area contributed by atoms with E-state index in [2.05, 4.69) is 20.8 Å². The molecule has 2 amide bonds. The third kappa shape index (κ3) is 5.07. The Morgan fingerprint density at radius 3 is 2.70 bits per heavy atom. The minimum atomic E-state index is -0.287. The maximum atomic E-state index is 12.1. The van der Waals surface area contributed by atoms with E-state index in [-0.39, 0.29) is 23.6 Å². The van der Waals surface area contributed by atoms with E-state index < -0.39 is 0 Å². The van der Waals surface area contributed by atoms with Gasteiger partial charge in [-0.25, -0.2) is 0 Å². The summed E-state index contributed by atoms with van der Waals surface area (Å²) in [5.74, 6) is 1.16. The monoisotopic (exact) mass is 354 g/mol. The number of hydrogen-bond donors (Lipinski definition) is 2. The van der Waals surface area contributed by atoms with Gasteiger partial charge in [0.25, 0.3) is 5.91 Å². The first-order chi connectivity index (χ1) is 10.8. The summed E-state index contributed by atoms with van der Waals surface area (Å²) >= 11 is 2.51. The lowest BCUT2D eigenvalue weighted by Gasteiger charge is -2.06. The zero-order chi connectivity index (χ0) is 17.0. The van der Waals surface area contributed by atoms with Crippen LogP contribution in [0.3, 0.4) is 0 Å². The molecule has 7 nitrogen and oxygen atoms in total. The number of anilines is 1. The summed E-state index contributed by atoms with van der Waals surface area (Å²) < 4.78 is 5.96. The number of hydrogen-bond acceptors (Lipinski definition) is 7. The van der Waals surface area contributed by atoms with E-state index in [0.29, 0.717) is 26.6 Å². The van der Waals surface area contributed by atoms with E-state index in [1.165, 1.54) is 23.1 Å². The Kier molecular flexibility index (Phi) is 5.78. The van der Waals surface area contributed by atoms with Crippen molar-refractivity contribution in [2.24, 2.45) is 0 Å². The number of aryl methyl sites for hydroxylation is 2. The van der Waals surface area contributed by atoms with Gasteiger partial charge in [-0.1, -0.05) is 23.1 Å². The van der Waals surface area contributed by atoms with Gasteiger partial charge in [-0.2, -0.15) is 0 Å². The molecule has 0 spiro atoms. The SMILES string of the molecule is Cc1cc(C(=O)Nc2nnc(SCC(=O)NC(C)C)s2)c(C)o1. The molecule has 0 radical (unpaired) electrons. The van der Waals surface area contributed by atoms with E-state index in [0.717, 1.165) is 0 Å². The van der Waals surface area contributed by atoms with E-state index in [1.54, 1.807) is 19.9 Å².